The molecule has 3 aliphatic heterocycles. The fraction of sp³-hybridized carbons (Fsp3) is 0.588. The van der Waals surface area contributed by atoms with Crippen LogP contribution in [-0.2, 0) is 9.53 Å². The van der Waals surface area contributed by atoms with Crippen LogP contribution in [0.1, 0.15) is 30.9 Å². The van der Waals surface area contributed by atoms with E-state index >= 15 is 0 Å². The Morgan fingerprint density at radius 2 is 2.22 bits per heavy atom. The number of hydrogen-bond acceptors (Lipinski definition) is 3. The molecule has 6 heteroatoms. The predicted molar refractivity (Wildman–Crippen MR) is 87.0 cm³/mol. The molecule has 3 aliphatic rings. The summed E-state index contributed by atoms with van der Waals surface area (Å²) in [4.78, 5) is 14.9. The summed E-state index contributed by atoms with van der Waals surface area (Å²) >= 11 is 0. The molecule has 1 amide bonds. The van der Waals surface area contributed by atoms with Gasteiger partial charge in [0.25, 0.3) is 0 Å². The maximum absolute atomic E-state index is 13.5. The van der Waals surface area contributed by atoms with Crippen molar-refractivity contribution >= 4 is 18.3 Å². The average molecular weight is 341 g/mol. The van der Waals surface area contributed by atoms with Gasteiger partial charge >= 0.3 is 0 Å². The number of carbonyl (C=O) groups excluding carboxylic acids is 1. The Morgan fingerprint density at radius 1 is 1.35 bits per heavy atom. The fourth-order valence-electron chi connectivity index (χ4n) is 4.09. The predicted octanol–water partition coefficient (Wildman–Crippen LogP) is 2.29. The molecule has 4 nitrogen and oxygen atoms in total. The van der Waals surface area contributed by atoms with E-state index in [-0.39, 0.29) is 48.3 Å². The van der Waals surface area contributed by atoms with E-state index in [0.717, 1.165) is 31.4 Å². The molecule has 1 aromatic carbocycles. The van der Waals surface area contributed by atoms with Crippen LogP contribution < -0.4 is 5.32 Å². The van der Waals surface area contributed by atoms with E-state index in [0.29, 0.717) is 13.1 Å². The van der Waals surface area contributed by atoms with Crippen LogP contribution in [0.3, 0.4) is 0 Å². The Labute approximate surface area is 141 Å². The van der Waals surface area contributed by atoms with Crippen LogP contribution in [0, 0.1) is 11.7 Å². The van der Waals surface area contributed by atoms with E-state index < -0.39 is 0 Å². The van der Waals surface area contributed by atoms with Gasteiger partial charge in [0, 0.05) is 19.6 Å². The van der Waals surface area contributed by atoms with E-state index in [1.165, 1.54) is 12.1 Å². The highest BCUT2D eigenvalue weighted by molar-refractivity contribution is 5.85. The van der Waals surface area contributed by atoms with Crippen molar-refractivity contribution in [1.82, 2.24) is 10.2 Å². The van der Waals surface area contributed by atoms with Gasteiger partial charge in [-0.1, -0.05) is 12.1 Å². The lowest BCUT2D eigenvalue weighted by Gasteiger charge is -2.39. The first-order valence-corrected chi connectivity index (χ1v) is 8.14. The van der Waals surface area contributed by atoms with Gasteiger partial charge in [-0.3, -0.25) is 4.79 Å². The smallest absolute Gasteiger partial charge is 0.229 e. The minimum atomic E-state index is -0.251. The molecule has 0 radical (unpaired) electrons. The zero-order chi connectivity index (χ0) is 15.1. The minimum absolute atomic E-state index is 0. The number of piperazine rings is 1. The molecular formula is C17H22ClFN2O2. The normalized spacial score (nSPS) is 32.7. The maximum Gasteiger partial charge on any atom is 0.229 e. The summed E-state index contributed by atoms with van der Waals surface area (Å²) in [6.45, 7) is 2.14. The van der Waals surface area contributed by atoms with E-state index in [9.17, 15) is 9.18 Å². The van der Waals surface area contributed by atoms with Crippen molar-refractivity contribution in [3.05, 3.63) is 35.6 Å². The van der Waals surface area contributed by atoms with E-state index in [2.05, 4.69) is 5.32 Å². The number of fused-ring (bicyclic) bond motifs is 2. The van der Waals surface area contributed by atoms with Gasteiger partial charge in [0.2, 0.25) is 5.91 Å². The SMILES string of the molecule is Cl.O=C(C1CC2CCC1O2)N1CCNCC1c1cccc(F)c1. The third-order valence-corrected chi connectivity index (χ3v) is 5.18. The summed E-state index contributed by atoms with van der Waals surface area (Å²) in [5.41, 5.74) is 0.865. The lowest BCUT2D eigenvalue weighted by molar-refractivity contribution is -0.140. The third kappa shape index (κ3) is 3.10. The number of rotatable bonds is 2. The maximum atomic E-state index is 13.5. The largest absolute Gasteiger partial charge is 0.374 e. The van der Waals surface area contributed by atoms with Crippen LogP contribution in [0.25, 0.3) is 0 Å². The lowest BCUT2D eigenvalue weighted by atomic mass is 9.87. The summed E-state index contributed by atoms with van der Waals surface area (Å²) in [6, 6.07) is 6.50. The number of nitrogens with zero attached hydrogens (tertiary/aromatic N) is 1. The van der Waals surface area contributed by atoms with Crippen molar-refractivity contribution in [2.24, 2.45) is 5.92 Å². The van der Waals surface area contributed by atoms with E-state index in [1.807, 2.05) is 11.0 Å². The van der Waals surface area contributed by atoms with E-state index in [4.69, 9.17) is 4.74 Å². The standard InChI is InChI=1S/C17H21FN2O2.ClH/c18-12-3-1-2-11(8-12)15-10-19-6-7-20(15)17(21)14-9-13-4-5-16(14)22-13;/h1-3,8,13-16,19H,4-7,9-10H2;1H. The molecule has 1 N–H and O–H groups in total. The topological polar surface area (TPSA) is 41.6 Å². The van der Waals surface area contributed by atoms with Crippen LogP contribution in [0.15, 0.2) is 24.3 Å². The zero-order valence-corrected chi connectivity index (χ0v) is 13.7. The van der Waals surface area contributed by atoms with Gasteiger partial charge in [-0.05, 0) is 37.0 Å². The Morgan fingerprint density at radius 3 is 2.91 bits per heavy atom. The monoisotopic (exact) mass is 340 g/mol. The first kappa shape index (κ1) is 16.7. The highest BCUT2D eigenvalue weighted by Gasteiger charge is 2.46. The summed E-state index contributed by atoms with van der Waals surface area (Å²) in [5.74, 6) is -0.0744. The van der Waals surface area contributed by atoms with Crippen molar-refractivity contribution < 1.29 is 13.9 Å². The van der Waals surface area contributed by atoms with Crippen LogP contribution in [-0.4, -0.2) is 42.6 Å². The highest BCUT2D eigenvalue weighted by atomic mass is 35.5. The van der Waals surface area contributed by atoms with Gasteiger partial charge in [-0.25, -0.2) is 4.39 Å². The van der Waals surface area contributed by atoms with E-state index in [1.54, 1.807) is 6.07 Å². The van der Waals surface area contributed by atoms with Gasteiger partial charge in [0.15, 0.2) is 0 Å². The molecule has 4 atom stereocenters. The summed E-state index contributed by atoms with van der Waals surface area (Å²) < 4.78 is 19.4. The van der Waals surface area contributed by atoms with Crippen LogP contribution in [0.5, 0.6) is 0 Å². The molecule has 0 spiro atoms. The molecule has 3 fully saturated rings. The molecule has 0 aliphatic carbocycles. The van der Waals surface area contributed by atoms with Crippen molar-refractivity contribution in [3.8, 4) is 0 Å². The molecule has 23 heavy (non-hydrogen) atoms. The Bertz CT molecular complexity index is 585. The van der Waals surface area contributed by atoms with Crippen molar-refractivity contribution in [2.75, 3.05) is 19.6 Å². The molecule has 4 rings (SSSR count). The molecular weight excluding hydrogens is 319 g/mol. The second-order valence-electron chi connectivity index (χ2n) is 6.52. The van der Waals surface area contributed by atoms with Gasteiger partial charge in [0.05, 0.1) is 24.2 Å². The summed E-state index contributed by atoms with van der Waals surface area (Å²) in [6.07, 6.45) is 3.31. The zero-order valence-electron chi connectivity index (χ0n) is 12.9. The number of benzene rings is 1. The summed E-state index contributed by atoms with van der Waals surface area (Å²) in [5, 5.41) is 3.31. The Hall–Kier alpha value is -1.17. The Balaban J connectivity index is 0.00000156. The number of carbonyl (C=O) groups is 1. The van der Waals surface area contributed by atoms with Crippen LogP contribution in [0.4, 0.5) is 4.39 Å². The number of nitrogens with one attached hydrogen (secondary N) is 1. The summed E-state index contributed by atoms with van der Waals surface area (Å²) in [7, 11) is 0. The van der Waals surface area contributed by atoms with Gasteiger partial charge in [0.1, 0.15) is 5.82 Å². The van der Waals surface area contributed by atoms with Crippen LogP contribution >= 0.6 is 12.4 Å². The highest BCUT2D eigenvalue weighted by Crippen LogP contribution is 2.40. The number of hydrogen-bond donors (Lipinski definition) is 1. The Kier molecular flexibility index (Phi) is 4.90. The van der Waals surface area contributed by atoms with Gasteiger partial charge in [-0.15, -0.1) is 12.4 Å². The number of halogens is 2. The van der Waals surface area contributed by atoms with Crippen molar-refractivity contribution in [1.29, 1.82) is 0 Å². The second-order valence-corrected chi connectivity index (χ2v) is 6.52. The molecule has 4 unspecified atom stereocenters. The molecule has 2 bridgehead atoms. The third-order valence-electron chi connectivity index (χ3n) is 5.18. The van der Waals surface area contributed by atoms with Crippen molar-refractivity contribution in [3.63, 3.8) is 0 Å². The first-order valence-electron chi connectivity index (χ1n) is 8.14. The molecule has 126 valence electrons. The quantitative estimate of drug-likeness (QED) is 0.898. The van der Waals surface area contributed by atoms with Crippen molar-refractivity contribution in [2.45, 2.75) is 37.5 Å². The fourth-order valence-corrected chi connectivity index (χ4v) is 4.09. The van der Waals surface area contributed by atoms with Gasteiger partial charge in [-0.2, -0.15) is 0 Å². The van der Waals surface area contributed by atoms with Gasteiger partial charge < -0.3 is 15.0 Å². The number of amides is 1. The molecule has 0 saturated carbocycles. The first-order chi connectivity index (χ1) is 10.7. The second kappa shape index (κ2) is 6.75. The molecule has 1 aromatic rings. The lowest BCUT2D eigenvalue weighted by Crippen LogP contribution is -2.51. The average Bonchev–Trinajstić information content (AvgIpc) is 3.17. The molecule has 3 saturated heterocycles. The van der Waals surface area contributed by atoms with Crippen LogP contribution in [0.2, 0.25) is 0 Å². The minimum Gasteiger partial charge on any atom is -0.374 e. The molecule has 0 aromatic heterocycles. The molecule has 3 heterocycles. The number of ether oxygens (including phenoxy) is 1.